The van der Waals surface area contributed by atoms with Gasteiger partial charge in [0.15, 0.2) is 6.61 Å². The molecule has 1 aliphatic rings. The first-order chi connectivity index (χ1) is 16.0. The molecule has 0 aromatic heterocycles. The lowest BCUT2D eigenvalue weighted by atomic mass is 10.1. The molecule has 3 aromatic rings. The average molecular weight is 444 g/mol. The summed E-state index contributed by atoms with van der Waals surface area (Å²) >= 11 is 0. The van der Waals surface area contributed by atoms with Crippen LogP contribution < -0.4 is 20.9 Å². The first-order valence-electron chi connectivity index (χ1n) is 10.8. The van der Waals surface area contributed by atoms with Crippen LogP contribution in [-0.4, -0.2) is 24.3 Å². The number of carbonyl (C=O) groups excluding carboxylic acids is 3. The lowest BCUT2D eigenvalue weighted by Gasteiger charge is -2.12. The summed E-state index contributed by atoms with van der Waals surface area (Å²) in [4.78, 5) is 36.7. The number of para-hydroxylation sites is 1. The number of rotatable bonds is 7. The normalized spacial score (nSPS) is 16.4. The zero-order chi connectivity index (χ0) is 23.2. The first-order valence-corrected chi connectivity index (χ1v) is 10.8. The smallest absolute Gasteiger partial charge is 0.276 e. The van der Waals surface area contributed by atoms with Gasteiger partial charge < -0.3 is 10.1 Å². The molecule has 1 aliphatic carbocycles. The number of hydrazine groups is 1. The molecule has 0 aliphatic heterocycles. The minimum atomic E-state index is -0.501. The van der Waals surface area contributed by atoms with Crippen molar-refractivity contribution in [3.05, 3.63) is 84.4 Å². The predicted octanol–water partition coefficient (Wildman–Crippen LogP) is 3.79. The summed E-state index contributed by atoms with van der Waals surface area (Å²) in [5.74, 6) is -0.0374. The summed E-state index contributed by atoms with van der Waals surface area (Å²) in [7, 11) is 0. The number of amides is 3. The van der Waals surface area contributed by atoms with Crippen molar-refractivity contribution in [3.8, 4) is 16.9 Å². The highest BCUT2D eigenvalue weighted by atomic mass is 16.5. The van der Waals surface area contributed by atoms with Gasteiger partial charge >= 0.3 is 0 Å². The van der Waals surface area contributed by atoms with E-state index in [-0.39, 0.29) is 18.4 Å². The van der Waals surface area contributed by atoms with Crippen LogP contribution in [0.2, 0.25) is 0 Å². The van der Waals surface area contributed by atoms with Crippen molar-refractivity contribution in [1.82, 2.24) is 10.9 Å². The molecule has 0 heterocycles. The van der Waals surface area contributed by atoms with Crippen molar-refractivity contribution in [2.45, 2.75) is 13.3 Å². The molecule has 7 nitrogen and oxygen atoms in total. The summed E-state index contributed by atoms with van der Waals surface area (Å²) in [6.07, 6.45) is 0.885. The monoisotopic (exact) mass is 443 g/mol. The molecule has 0 bridgehead atoms. The second-order valence-corrected chi connectivity index (χ2v) is 8.04. The number of hydrogen-bond acceptors (Lipinski definition) is 4. The Bertz CT molecular complexity index is 1160. The number of hydrogen-bond donors (Lipinski definition) is 3. The second-order valence-electron chi connectivity index (χ2n) is 8.04. The SMILES string of the molecule is CC1CC1C(=O)Nc1cccc(C(=O)NNC(=O)COc2ccccc2-c2ccccc2)c1. The Balaban J connectivity index is 1.29. The molecule has 2 unspecified atom stereocenters. The molecule has 1 saturated carbocycles. The van der Waals surface area contributed by atoms with Gasteiger partial charge in [0, 0.05) is 22.7 Å². The van der Waals surface area contributed by atoms with E-state index in [9.17, 15) is 14.4 Å². The molecule has 3 N–H and O–H groups in total. The molecule has 0 radical (unpaired) electrons. The minimum absolute atomic E-state index is 0.0359. The zero-order valence-electron chi connectivity index (χ0n) is 18.2. The molecule has 7 heteroatoms. The average Bonchev–Trinajstić information content (AvgIpc) is 3.59. The van der Waals surface area contributed by atoms with Crippen LogP contribution in [0.15, 0.2) is 78.9 Å². The van der Waals surface area contributed by atoms with Crippen molar-refractivity contribution in [3.63, 3.8) is 0 Å². The summed E-state index contributed by atoms with van der Waals surface area (Å²) < 4.78 is 5.68. The van der Waals surface area contributed by atoms with E-state index in [0.717, 1.165) is 17.5 Å². The summed E-state index contributed by atoms with van der Waals surface area (Å²) in [5.41, 5.74) is 7.43. The fraction of sp³-hybridized carbons (Fsp3) is 0.192. The molecule has 0 saturated heterocycles. The van der Waals surface area contributed by atoms with E-state index in [4.69, 9.17) is 4.74 Å². The van der Waals surface area contributed by atoms with Crippen molar-refractivity contribution in [2.24, 2.45) is 11.8 Å². The quantitative estimate of drug-likeness (QED) is 0.484. The van der Waals surface area contributed by atoms with E-state index < -0.39 is 11.8 Å². The van der Waals surface area contributed by atoms with Gasteiger partial charge in [-0.25, -0.2) is 0 Å². The molecule has 168 valence electrons. The maximum absolute atomic E-state index is 12.4. The fourth-order valence-electron chi connectivity index (χ4n) is 3.49. The van der Waals surface area contributed by atoms with Crippen molar-refractivity contribution < 1.29 is 19.1 Å². The largest absolute Gasteiger partial charge is 0.483 e. The number of benzene rings is 3. The van der Waals surface area contributed by atoms with E-state index in [1.807, 2.05) is 55.5 Å². The number of carbonyl (C=O) groups is 3. The highest BCUT2D eigenvalue weighted by molar-refractivity contribution is 5.99. The van der Waals surface area contributed by atoms with Gasteiger partial charge in [-0.15, -0.1) is 0 Å². The maximum Gasteiger partial charge on any atom is 0.276 e. The van der Waals surface area contributed by atoms with Gasteiger partial charge in [0.05, 0.1) is 0 Å². The van der Waals surface area contributed by atoms with E-state index in [1.165, 1.54) is 0 Å². The highest BCUT2D eigenvalue weighted by Crippen LogP contribution is 2.38. The van der Waals surface area contributed by atoms with Crippen molar-refractivity contribution in [2.75, 3.05) is 11.9 Å². The topological polar surface area (TPSA) is 96.5 Å². The molecular formula is C26H25N3O4. The Morgan fingerprint density at radius 1 is 0.909 bits per heavy atom. The Morgan fingerprint density at radius 3 is 2.39 bits per heavy atom. The van der Waals surface area contributed by atoms with Crippen LogP contribution in [0.5, 0.6) is 5.75 Å². The summed E-state index contributed by atoms with van der Waals surface area (Å²) in [6, 6.07) is 23.7. The molecule has 0 spiro atoms. The minimum Gasteiger partial charge on any atom is -0.483 e. The summed E-state index contributed by atoms with van der Waals surface area (Å²) in [6.45, 7) is 1.76. The first kappa shape index (κ1) is 22.1. The van der Waals surface area contributed by atoms with Crippen LogP contribution in [0, 0.1) is 11.8 Å². The van der Waals surface area contributed by atoms with Crippen LogP contribution in [0.25, 0.3) is 11.1 Å². The molecule has 3 aromatic carbocycles. The summed E-state index contributed by atoms with van der Waals surface area (Å²) in [5, 5.41) is 2.83. The lowest BCUT2D eigenvalue weighted by molar-refractivity contribution is -0.123. The Hall–Kier alpha value is -4.13. The van der Waals surface area contributed by atoms with Crippen LogP contribution in [-0.2, 0) is 9.59 Å². The molecular weight excluding hydrogens is 418 g/mol. The van der Waals surface area contributed by atoms with Crippen molar-refractivity contribution >= 4 is 23.4 Å². The van der Waals surface area contributed by atoms with Crippen LogP contribution in [0.3, 0.4) is 0 Å². The molecule has 4 rings (SSSR count). The molecule has 3 amide bonds. The molecule has 33 heavy (non-hydrogen) atoms. The van der Waals surface area contributed by atoms with Gasteiger partial charge in [0.1, 0.15) is 5.75 Å². The lowest BCUT2D eigenvalue weighted by Crippen LogP contribution is -2.43. The van der Waals surface area contributed by atoms with Crippen molar-refractivity contribution in [1.29, 1.82) is 0 Å². The number of nitrogens with one attached hydrogen (secondary N) is 3. The van der Waals surface area contributed by atoms with Crippen LogP contribution in [0.4, 0.5) is 5.69 Å². The van der Waals surface area contributed by atoms with Gasteiger partial charge in [-0.05, 0) is 42.2 Å². The predicted molar refractivity (Wildman–Crippen MR) is 125 cm³/mol. The van der Waals surface area contributed by atoms with E-state index in [0.29, 0.717) is 22.9 Å². The van der Waals surface area contributed by atoms with Gasteiger partial charge in [-0.3, -0.25) is 25.2 Å². The Kier molecular flexibility index (Phi) is 6.69. The van der Waals surface area contributed by atoms with Gasteiger partial charge in [-0.1, -0.05) is 61.5 Å². The Labute approximate surface area is 192 Å². The highest BCUT2D eigenvalue weighted by Gasteiger charge is 2.39. The maximum atomic E-state index is 12.4. The third-order valence-corrected chi connectivity index (χ3v) is 5.48. The van der Waals surface area contributed by atoms with Gasteiger partial charge in [0.2, 0.25) is 5.91 Å². The third-order valence-electron chi connectivity index (χ3n) is 5.48. The standard InChI is InChI=1S/C26H25N3O4/c1-17-14-22(17)26(32)27-20-11-7-10-19(15-20)25(31)29-28-24(30)16-33-23-13-6-5-12-21(23)18-8-3-2-4-9-18/h2-13,15,17,22H,14,16H2,1H3,(H,27,32)(H,28,30)(H,29,31). The zero-order valence-corrected chi connectivity index (χ0v) is 18.2. The Morgan fingerprint density at radius 2 is 1.64 bits per heavy atom. The van der Waals surface area contributed by atoms with Gasteiger partial charge in [0.25, 0.3) is 11.8 Å². The van der Waals surface area contributed by atoms with E-state index in [1.54, 1.807) is 30.3 Å². The second kappa shape index (κ2) is 9.99. The van der Waals surface area contributed by atoms with Gasteiger partial charge in [-0.2, -0.15) is 0 Å². The number of ether oxygens (including phenoxy) is 1. The van der Waals surface area contributed by atoms with E-state index >= 15 is 0 Å². The molecule has 2 atom stereocenters. The fourth-order valence-corrected chi connectivity index (χ4v) is 3.49. The van der Waals surface area contributed by atoms with Crippen LogP contribution >= 0.6 is 0 Å². The van der Waals surface area contributed by atoms with E-state index in [2.05, 4.69) is 16.2 Å². The molecule has 1 fully saturated rings. The van der Waals surface area contributed by atoms with Crippen LogP contribution in [0.1, 0.15) is 23.7 Å². The third kappa shape index (κ3) is 5.77. The number of anilines is 1.